The van der Waals surface area contributed by atoms with Crippen molar-refractivity contribution in [3.8, 4) is 23.1 Å². The molecule has 0 saturated carbocycles. The van der Waals surface area contributed by atoms with E-state index >= 15 is 0 Å². The number of aromatic nitrogens is 2. The SMILES string of the molecule is Nc1c(N=Nc2ccc3c(O)c(N=Nc4cc([N+](=O)[O-])c(N=Nc5c(C(=O)O)nn(-c6ccc(S(=O)(=O)O)cc6)c5O)c(S(=O)(=O)O)c4)c(S(=O)(=O)O)cc3c2S(=O)(=O)O)cc(S(=O)(=O)O)c2cc(S(=O)(=O)O)c(N=Nc3ccc([N+](=O)[O-])cc3S(=O)(=O)O)c(O)c12. The van der Waals surface area contributed by atoms with E-state index < -0.39 is 228 Å². The molecule has 1 heterocycles. The number of phenolic OH excluding ortho intramolecular Hbond substituents is 2. The van der Waals surface area contributed by atoms with Gasteiger partial charge in [0.1, 0.15) is 57.8 Å². The first kappa shape index (κ1) is 67.4. The Hall–Kier alpha value is -10.5. The van der Waals surface area contributed by atoms with E-state index in [2.05, 4.69) is 46.0 Å². The molecule has 0 aliphatic heterocycles. The summed E-state index contributed by atoms with van der Waals surface area (Å²) in [5.74, 6) is -6.37. The fourth-order valence-corrected chi connectivity index (χ4v) is 12.7. The van der Waals surface area contributed by atoms with Crippen molar-refractivity contribution in [2.24, 2.45) is 40.9 Å². The number of aromatic carboxylic acids is 1. The Morgan fingerprint density at radius 2 is 0.957 bits per heavy atom. The van der Waals surface area contributed by atoms with Crippen LogP contribution in [0.4, 0.5) is 62.6 Å². The van der Waals surface area contributed by atoms with Crippen molar-refractivity contribution in [3.05, 3.63) is 111 Å². The van der Waals surface area contributed by atoms with Crippen molar-refractivity contribution in [2.75, 3.05) is 5.73 Å². The van der Waals surface area contributed by atoms with Gasteiger partial charge in [-0.1, -0.05) is 0 Å². The summed E-state index contributed by atoms with van der Waals surface area (Å²) in [4.78, 5) is 23.4. The molecule has 1 aromatic heterocycles. The van der Waals surface area contributed by atoms with Gasteiger partial charge in [-0.2, -0.15) is 73.8 Å². The number of carbonyl (C=O) groups is 1. The zero-order valence-electron chi connectivity index (χ0n) is 43.6. The minimum Gasteiger partial charge on any atom is -0.505 e. The highest BCUT2D eigenvalue weighted by Crippen LogP contribution is 2.51. The van der Waals surface area contributed by atoms with Crippen LogP contribution in [-0.4, -0.2) is 137 Å². The van der Waals surface area contributed by atoms with Crippen LogP contribution >= 0.6 is 0 Å². The number of anilines is 1. The second kappa shape index (κ2) is 23.4. The maximum absolute atomic E-state index is 13.1. The predicted octanol–water partition coefficient (Wildman–Crippen LogP) is 6.78. The van der Waals surface area contributed by atoms with Crippen LogP contribution in [0.3, 0.4) is 0 Å². The van der Waals surface area contributed by atoms with Gasteiger partial charge >= 0.3 is 5.97 Å². The number of azo groups is 4. The number of aromatic hydroxyl groups is 3. The largest absolute Gasteiger partial charge is 0.505 e. The van der Waals surface area contributed by atoms with E-state index in [0.29, 0.717) is 28.9 Å². The first-order valence-corrected chi connectivity index (χ1v) is 33.0. The van der Waals surface area contributed by atoms with Crippen molar-refractivity contribution >= 4 is 161 Å². The quantitative estimate of drug-likeness (QED) is 0.0130. The van der Waals surface area contributed by atoms with Gasteiger partial charge in [0.25, 0.3) is 82.2 Å². The van der Waals surface area contributed by atoms with Gasteiger partial charge < -0.3 is 26.2 Å². The number of nitro benzene ring substituents is 2. The maximum Gasteiger partial charge on any atom is 0.358 e. The molecule has 7 aromatic carbocycles. The summed E-state index contributed by atoms with van der Waals surface area (Å²) >= 11 is 0. The van der Waals surface area contributed by atoms with Crippen LogP contribution < -0.4 is 5.73 Å². The molecule has 0 atom stereocenters. The number of carboxylic acids is 1. The molecule has 92 heavy (non-hydrogen) atoms. The third-order valence-corrected chi connectivity index (χ3v) is 18.2. The topological polar surface area (TPSA) is 708 Å². The molecule has 0 saturated heterocycles. The molecule has 0 unspecified atom stereocenters. The lowest BCUT2D eigenvalue weighted by Crippen LogP contribution is -2.04. The minimum absolute atomic E-state index is 0.158. The fourth-order valence-electron chi connectivity index (χ4n) is 8.10. The van der Waals surface area contributed by atoms with Gasteiger partial charge in [0.05, 0.1) is 37.2 Å². The molecule has 0 bridgehead atoms. The normalized spacial score (nSPS) is 13.2. The Balaban J connectivity index is 1.26. The Labute approximate surface area is 508 Å². The molecule has 0 fully saturated rings. The van der Waals surface area contributed by atoms with Crippen LogP contribution in [0.2, 0.25) is 0 Å². The van der Waals surface area contributed by atoms with E-state index in [9.17, 15) is 136 Å². The van der Waals surface area contributed by atoms with E-state index in [4.69, 9.17) is 5.73 Å². The summed E-state index contributed by atoms with van der Waals surface area (Å²) in [7, 11) is -39.2. The number of nitrogens with two attached hydrogens (primary N) is 1. The van der Waals surface area contributed by atoms with Gasteiger partial charge in [-0.05, 0) is 66.7 Å². The highest BCUT2D eigenvalue weighted by Gasteiger charge is 2.34. The number of nitro groups is 2. The zero-order chi connectivity index (χ0) is 68.7. The van der Waals surface area contributed by atoms with Crippen LogP contribution in [0.15, 0.2) is 160 Å². The smallest absolute Gasteiger partial charge is 0.358 e. The van der Waals surface area contributed by atoms with E-state index in [1.54, 1.807) is 0 Å². The van der Waals surface area contributed by atoms with E-state index in [0.717, 1.165) is 24.3 Å². The molecule has 0 aliphatic carbocycles. The number of rotatable bonds is 19. The van der Waals surface area contributed by atoms with Gasteiger partial charge in [-0.25, -0.2) is 4.79 Å². The average Bonchev–Trinajstić information content (AvgIpc) is 0.914. The molecule has 0 spiro atoms. The first-order valence-electron chi connectivity index (χ1n) is 22.9. The predicted molar refractivity (Wildman–Crippen MR) is 299 cm³/mol. The van der Waals surface area contributed by atoms with Gasteiger partial charge in [0.2, 0.25) is 11.6 Å². The minimum atomic E-state index is -5.88. The van der Waals surface area contributed by atoms with Crippen LogP contribution in [0.25, 0.3) is 27.2 Å². The third-order valence-electron chi connectivity index (χ3n) is 12.0. The number of fused-ring (bicyclic) bond motifs is 2. The van der Waals surface area contributed by atoms with Crippen molar-refractivity contribution in [3.63, 3.8) is 0 Å². The summed E-state index contributed by atoms with van der Waals surface area (Å²) < 4.78 is 247. The van der Waals surface area contributed by atoms with Gasteiger partial charge in [0.15, 0.2) is 22.9 Å². The molecule has 43 nitrogen and oxygen atoms in total. The molecule has 13 N–H and O–H groups in total. The Bertz CT molecular complexity index is 5630. The lowest BCUT2D eigenvalue weighted by molar-refractivity contribution is -0.385. The Morgan fingerprint density at radius 3 is 1.48 bits per heavy atom. The van der Waals surface area contributed by atoms with Crippen LogP contribution in [0.5, 0.6) is 17.4 Å². The Kier molecular flexibility index (Phi) is 17.1. The van der Waals surface area contributed by atoms with Crippen molar-refractivity contribution in [1.82, 2.24) is 9.78 Å². The number of hydrogen-bond donors (Lipinski definition) is 12. The molecule has 8 aromatic rings. The summed E-state index contributed by atoms with van der Waals surface area (Å²) in [5, 5.41) is 94.2. The number of benzene rings is 7. The van der Waals surface area contributed by atoms with E-state index in [1.807, 2.05) is 0 Å². The summed E-state index contributed by atoms with van der Waals surface area (Å²) in [6.45, 7) is 0. The van der Waals surface area contributed by atoms with Gasteiger partial charge in [-0.15, -0.1) is 35.8 Å². The second-order valence-electron chi connectivity index (χ2n) is 17.7. The molecule has 50 heteroatoms. The second-order valence-corrected chi connectivity index (χ2v) is 27.4. The first-order chi connectivity index (χ1) is 42.2. The summed E-state index contributed by atoms with van der Waals surface area (Å²) in [5.41, 5.74) is -8.64. The molecule has 8 rings (SSSR count). The van der Waals surface area contributed by atoms with Crippen LogP contribution in [-0.2, 0) is 70.8 Å². The molecular weight excluding hydrogens is 1390 g/mol. The maximum atomic E-state index is 13.1. The lowest BCUT2D eigenvalue weighted by atomic mass is 10.0. The average molecular weight is 1420 g/mol. The van der Waals surface area contributed by atoms with Crippen LogP contribution in [0.1, 0.15) is 10.5 Å². The van der Waals surface area contributed by atoms with Crippen molar-refractivity contribution < 1.29 is 126 Å². The zero-order valence-corrected chi connectivity index (χ0v) is 49.3. The standard InChI is InChI=1S/C42H27N13O30S7/c43-32-24(14-26(87(68,69)70)21-13-30(91(80,81)82)35(39(57)31(21)32)50-45-22-7-3-17(54(61)62)11-27(22)88(71,72)73)47-46-23-8-6-19-20(40(23)92(83,84)85)12-29(90(77,78)79)34(38(19)56)49-44-15-9-25(55(63)64)33(28(10-15)89(74,75)76)48-51-36-37(42(59)60)52-53(41(36)58)16-1-4-18(5-2-16)86(65,66)67/h1-14,56-58H,43H2,(H,59,60)(H,65,66,67)(H,68,69,70)(H,71,72,73)(H,74,75,76)(H,77,78,79)(H,80,81,82)(H,83,84,85). The van der Waals surface area contributed by atoms with Crippen molar-refractivity contribution in [1.29, 1.82) is 0 Å². The number of nitrogens with zero attached hydrogens (tertiary/aromatic N) is 12. The number of hydrogen-bond acceptors (Lipinski definition) is 32. The highest BCUT2D eigenvalue weighted by atomic mass is 32.2. The van der Waals surface area contributed by atoms with E-state index in [-0.39, 0.29) is 42.1 Å². The molecular formula is C42H27N13O30S7. The molecule has 0 radical (unpaired) electrons. The number of nitrogen functional groups attached to an aromatic ring is 1. The molecule has 0 amide bonds. The summed E-state index contributed by atoms with van der Waals surface area (Å²) in [6, 6.07) is 7.12. The number of non-ortho nitro benzene ring substituents is 1. The fraction of sp³-hybridized carbons (Fsp3) is 0. The van der Waals surface area contributed by atoms with Crippen molar-refractivity contribution in [2.45, 2.75) is 34.3 Å². The van der Waals surface area contributed by atoms with Gasteiger partial charge in [-0.3, -0.25) is 52.1 Å². The Morgan fingerprint density at radius 1 is 0.467 bits per heavy atom. The monoisotopic (exact) mass is 1420 g/mol. The summed E-state index contributed by atoms with van der Waals surface area (Å²) in [6.07, 6.45) is 0. The van der Waals surface area contributed by atoms with Crippen LogP contribution in [0, 0.1) is 20.2 Å². The molecule has 0 aliphatic rings. The lowest BCUT2D eigenvalue weighted by Gasteiger charge is -2.15. The third kappa shape index (κ3) is 13.4. The molecule has 482 valence electrons. The number of phenols is 2. The number of carboxylic acid groups (broad SMARTS) is 1. The highest BCUT2D eigenvalue weighted by molar-refractivity contribution is 7.87. The van der Waals surface area contributed by atoms with E-state index in [1.165, 1.54) is 0 Å². The van der Waals surface area contributed by atoms with Gasteiger partial charge in [0, 0.05) is 34.4 Å².